The molecule has 3 rings (SSSR count). The highest BCUT2D eigenvalue weighted by Gasteiger charge is 2.50. The third-order valence-corrected chi connectivity index (χ3v) is 5.80. The maximum Gasteiger partial charge on any atom is 0.255 e. The van der Waals surface area contributed by atoms with Crippen molar-refractivity contribution in [2.75, 3.05) is 26.2 Å². The molecule has 0 saturated carbocycles. The molecule has 32 heavy (non-hydrogen) atoms. The standard InChI is InChI=1S/C21H20F3IN2O5/c22-16-4-3-14(15(18(16)24)5-11-1-2-12(25)6-17(11)23)19(30)27-9-21(32,10-27)20(31)26-7-13(29)8-28/h1-4,6,13,28-29,32H,5,7-10H2,(H,26,31). The number of rotatable bonds is 7. The lowest BCUT2D eigenvalue weighted by Gasteiger charge is -2.45. The Hall–Kier alpha value is -2.22. The molecular formula is C21H20F3IN2O5. The van der Waals surface area contributed by atoms with Crippen LogP contribution in [-0.4, -0.2) is 70.0 Å². The topological polar surface area (TPSA) is 110 Å². The Morgan fingerprint density at radius 1 is 1.16 bits per heavy atom. The van der Waals surface area contributed by atoms with E-state index < -0.39 is 60.7 Å². The van der Waals surface area contributed by atoms with Crippen LogP contribution in [0.5, 0.6) is 0 Å². The van der Waals surface area contributed by atoms with Crippen LogP contribution in [0.2, 0.25) is 0 Å². The monoisotopic (exact) mass is 564 g/mol. The smallest absolute Gasteiger partial charge is 0.255 e. The minimum atomic E-state index is -1.92. The van der Waals surface area contributed by atoms with Gasteiger partial charge in [-0.3, -0.25) is 9.59 Å². The van der Waals surface area contributed by atoms with Crippen molar-refractivity contribution in [1.29, 1.82) is 0 Å². The minimum absolute atomic E-state index is 0.0749. The third kappa shape index (κ3) is 5.05. The summed E-state index contributed by atoms with van der Waals surface area (Å²) in [6.07, 6.45) is -1.57. The van der Waals surface area contributed by atoms with Gasteiger partial charge in [0.25, 0.3) is 11.8 Å². The lowest BCUT2D eigenvalue weighted by molar-refractivity contribution is -0.155. The molecule has 1 heterocycles. The molecule has 172 valence electrons. The van der Waals surface area contributed by atoms with Crippen LogP contribution < -0.4 is 5.32 Å². The quantitative estimate of drug-likeness (QED) is 0.375. The Balaban J connectivity index is 1.78. The lowest BCUT2D eigenvalue weighted by Crippen LogP contribution is -2.70. The van der Waals surface area contributed by atoms with Crippen molar-refractivity contribution >= 4 is 34.4 Å². The molecule has 0 spiro atoms. The van der Waals surface area contributed by atoms with Gasteiger partial charge < -0.3 is 25.5 Å². The van der Waals surface area contributed by atoms with Gasteiger partial charge in [-0.05, 0) is 52.4 Å². The molecule has 2 aromatic carbocycles. The van der Waals surface area contributed by atoms with Crippen molar-refractivity contribution in [2.45, 2.75) is 18.1 Å². The molecule has 4 N–H and O–H groups in total. The molecule has 2 amide bonds. The lowest BCUT2D eigenvalue weighted by atomic mass is 9.90. The first-order chi connectivity index (χ1) is 15.1. The zero-order chi connectivity index (χ0) is 23.6. The van der Waals surface area contributed by atoms with Gasteiger partial charge in [0.2, 0.25) is 0 Å². The van der Waals surface area contributed by atoms with E-state index in [2.05, 4.69) is 5.32 Å². The molecule has 2 aromatic rings. The summed E-state index contributed by atoms with van der Waals surface area (Å²) < 4.78 is 43.3. The normalized spacial score (nSPS) is 15.8. The maximum atomic E-state index is 14.6. The summed E-state index contributed by atoms with van der Waals surface area (Å²) in [5, 5.41) is 30.7. The molecule has 11 heteroatoms. The third-order valence-electron chi connectivity index (χ3n) is 5.13. The maximum absolute atomic E-state index is 14.6. The van der Waals surface area contributed by atoms with Crippen molar-refractivity contribution in [1.82, 2.24) is 10.2 Å². The molecule has 1 aliphatic rings. The van der Waals surface area contributed by atoms with Gasteiger partial charge >= 0.3 is 0 Å². The van der Waals surface area contributed by atoms with Gasteiger partial charge in [0.15, 0.2) is 17.2 Å². The zero-order valence-electron chi connectivity index (χ0n) is 16.6. The van der Waals surface area contributed by atoms with Crippen molar-refractivity contribution < 1.29 is 38.1 Å². The number of carbonyl (C=O) groups is 2. The van der Waals surface area contributed by atoms with E-state index in [0.717, 1.165) is 17.0 Å². The van der Waals surface area contributed by atoms with Gasteiger partial charge in [-0.2, -0.15) is 0 Å². The van der Waals surface area contributed by atoms with E-state index in [9.17, 15) is 33.0 Å². The Labute approximate surface area is 195 Å². The van der Waals surface area contributed by atoms with Gasteiger partial charge in [0.05, 0.1) is 25.8 Å². The highest BCUT2D eigenvalue weighted by Crippen LogP contribution is 2.28. The van der Waals surface area contributed by atoms with Crippen molar-refractivity contribution in [2.24, 2.45) is 0 Å². The number of aliphatic hydroxyl groups excluding tert-OH is 2. The average Bonchev–Trinajstić information content (AvgIpc) is 2.73. The number of likely N-dealkylation sites (tertiary alicyclic amines) is 1. The number of amides is 2. The molecule has 7 nitrogen and oxygen atoms in total. The van der Waals surface area contributed by atoms with E-state index in [1.165, 1.54) is 12.1 Å². The summed E-state index contributed by atoms with van der Waals surface area (Å²) in [6.45, 7) is -1.70. The first-order valence-corrected chi connectivity index (χ1v) is 10.6. The first-order valence-electron chi connectivity index (χ1n) is 9.55. The van der Waals surface area contributed by atoms with E-state index in [-0.39, 0.29) is 29.7 Å². The van der Waals surface area contributed by atoms with E-state index >= 15 is 0 Å². The number of benzene rings is 2. The Morgan fingerprint density at radius 3 is 2.47 bits per heavy atom. The van der Waals surface area contributed by atoms with Gasteiger partial charge in [-0.1, -0.05) is 6.07 Å². The Kier molecular flexibility index (Phi) is 7.43. The number of hydrogen-bond donors (Lipinski definition) is 4. The van der Waals surface area contributed by atoms with Crippen molar-refractivity contribution in [3.63, 3.8) is 0 Å². The Morgan fingerprint density at radius 2 is 1.84 bits per heavy atom. The SMILES string of the molecule is O=C(c1ccc(F)c(F)c1Cc1ccc(I)cc1F)N1CC(O)(C(=O)NCC(O)CO)C1. The second-order valence-electron chi connectivity index (χ2n) is 7.54. The van der Waals surface area contributed by atoms with E-state index in [1.807, 2.05) is 22.6 Å². The van der Waals surface area contributed by atoms with Crippen LogP contribution in [0.4, 0.5) is 13.2 Å². The van der Waals surface area contributed by atoms with E-state index in [1.54, 1.807) is 6.07 Å². The van der Waals surface area contributed by atoms with Gasteiger partial charge in [-0.25, -0.2) is 13.2 Å². The highest BCUT2D eigenvalue weighted by molar-refractivity contribution is 14.1. The summed E-state index contributed by atoms with van der Waals surface area (Å²) in [7, 11) is 0. The zero-order valence-corrected chi connectivity index (χ0v) is 18.8. The van der Waals surface area contributed by atoms with Gasteiger partial charge in [-0.15, -0.1) is 0 Å². The number of hydrogen-bond acceptors (Lipinski definition) is 5. The predicted molar refractivity (Wildman–Crippen MR) is 115 cm³/mol. The van der Waals surface area contributed by atoms with Gasteiger partial charge in [0, 0.05) is 27.7 Å². The summed E-state index contributed by atoms with van der Waals surface area (Å²) in [5.74, 6) is -4.69. The highest BCUT2D eigenvalue weighted by atomic mass is 127. The summed E-state index contributed by atoms with van der Waals surface area (Å²) in [5.41, 5.74) is -2.39. The molecule has 1 fully saturated rings. The molecule has 0 radical (unpaired) electrons. The molecule has 0 aliphatic carbocycles. The van der Waals surface area contributed by atoms with E-state index in [4.69, 9.17) is 5.11 Å². The van der Waals surface area contributed by atoms with Crippen LogP contribution in [0, 0.1) is 21.0 Å². The van der Waals surface area contributed by atoms with Crippen molar-refractivity contribution in [3.8, 4) is 0 Å². The first kappa shape index (κ1) is 24.4. The minimum Gasteiger partial charge on any atom is -0.394 e. The molecular weight excluding hydrogens is 544 g/mol. The fourth-order valence-electron chi connectivity index (χ4n) is 3.30. The average molecular weight is 564 g/mol. The summed E-state index contributed by atoms with van der Waals surface area (Å²) in [4.78, 5) is 26.1. The van der Waals surface area contributed by atoms with Crippen LogP contribution in [0.25, 0.3) is 0 Å². The number of nitrogens with zero attached hydrogens (tertiary/aromatic N) is 1. The van der Waals surface area contributed by atoms with Crippen molar-refractivity contribution in [3.05, 3.63) is 68.0 Å². The summed E-state index contributed by atoms with van der Waals surface area (Å²) in [6, 6.07) is 6.11. The molecule has 0 bridgehead atoms. The van der Waals surface area contributed by atoms with Crippen LogP contribution in [0.3, 0.4) is 0 Å². The van der Waals surface area contributed by atoms with Crippen LogP contribution in [0.1, 0.15) is 21.5 Å². The molecule has 0 aromatic heterocycles. The van der Waals surface area contributed by atoms with Crippen LogP contribution >= 0.6 is 22.6 Å². The predicted octanol–water partition coefficient (Wildman–Crippen LogP) is 0.956. The number of aliphatic hydroxyl groups is 3. The fraction of sp³-hybridized carbons (Fsp3) is 0.333. The second kappa shape index (κ2) is 9.73. The van der Waals surface area contributed by atoms with Crippen LogP contribution in [-0.2, 0) is 11.2 Å². The fourth-order valence-corrected chi connectivity index (χ4v) is 3.76. The van der Waals surface area contributed by atoms with E-state index in [0.29, 0.717) is 3.57 Å². The second-order valence-corrected chi connectivity index (χ2v) is 8.78. The number of carbonyl (C=O) groups excluding carboxylic acids is 2. The number of β-amino-alcohol motifs (C(OH)–C–C–N with tert-alkyl or cyclic N) is 1. The largest absolute Gasteiger partial charge is 0.394 e. The molecule has 1 saturated heterocycles. The van der Waals surface area contributed by atoms with Gasteiger partial charge in [0.1, 0.15) is 5.82 Å². The summed E-state index contributed by atoms with van der Waals surface area (Å²) >= 11 is 1.91. The molecule has 1 unspecified atom stereocenters. The molecule has 1 atom stereocenters. The number of halogens is 4. The number of nitrogens with one attached hydrogen (secondary N) is 1. The Bertz CT molecular complexity index is 1050. The van der Waals surface area contributed by atoms with Crippen LogP contribution in [0.15, 0.2) is 30.3 Å². The molecule has 1 aliphatic heterocycles.